The van der Waals surface area contributed by atoms with E-state index in [9.17, 15) is 36.7 Å². The molecule has 1 fully saturated rings. The van der Waals surface area contributed by atoms with Gasteiger partial charge in [0.2, 0.25) is 17.7 Å². The number of aromatic nitrogens is 24. The average molecular weight is 1940 g/mol. The summed E-state index contributed by atoms with van der Waals surface area (Å²) in [5.74, 6) is 1.23. The summed E-state index contributed by atoms with van der Waals surface area (Å²) in [5.41, 5.74) is 26.4. The number of H-pyrrole nitrogens is 8. The van der Waals surface area contributed by atoms with Crippen LogP contribution in [0.4, 0.5) is 34.6 Å². The number of ketones is 1. The third kappa shape index (κ3) is 18.8. The first-order chi connectivity index (χ1) is 71.3. The van der Waals surface area contributed by atoms with E-state index in [-0.39, 0.29) is 58.6 Å². The zero-order valence-corrected chi connectivity index (χ0v) is 78.2. The second-order valence-corrected chi connectivity index (χ2v) is 35.2. The topological polar surface area (TPSA) is 437 Å². The predicted molar refractivity (Wildman–Crippen MR) is 553 cm³/mol. The zero-order valence-electron chi connectivity index (χ0n) is 78.2. The van der Waals surface area contributed by atoms with E-state index >= 15 is 0 Å². The van der Waals surface area contributed by atoms with Gasteiger partial charge in [-0.2, -0.15) is 20.4 Å². The maximum Gasteiger partial charge on any atom is 0.227 e. The summed E-state index contributed by atoms with van der Waals surface area (Å²) in [6.07, 6.45) is 21.8. The number of para-hydroxylation sites is 4. The number of nitrogens with zero attached hydrogens (tertiary/aromatic N) is 16. The SMILES string of the molecule is CC(C)C(=O)Nc1cncc(-c2cnc3n[nH]c(-c4nc5c(-c6ccccc6F)cccc5[nH]4)c3c2)c1.CCC(=O)Cc1ccc(-c2cnc3n[nH]c(-c4nc5c(-c6ccc(F)cc6)cccc5[nH]4)c3c2)cn1.CCC(=O)Nc1cncc(-c2cnc3n[nH]c(-c4nc5c(-c6ccccc6F)cccc5[nH]4)c3c2)c1.O=C(Nc1cncc(-c2cnc3n[nH]c(-c4nc5c(-c6ccc(F)cc6)cccc5[nH]4)c3c2)c1)C1CC1. The molecule has 0 unspecified atom stereocenters. The van der Waals surface area contributed by atoms with E-state index in [4.69, 9.17) is 19.9 Å². The lowest BCUT2D eigenvalue weighted by molar-refractivity contribution is -0.119. The van der Waals surface area contributed by atoms with Gasteiger partial charge in [-0.3, -0.25) is 59.5 Å². The number of imidazole rings is 4. The minimum atomic E-state index is -0.305. The summed E-state index contributed by atoms with van der Waals surface area (Å²) in [6, 6.07) is 66.4. The first kappa shape index (κ1) is 91.6. The van der Waals surface area contributed by atoms with Gasteiger partial charge in [-0.05, 0) is 133 Å². The molecule has 146 heavy (non-hydrogen) atoms. The normalized spacial score (nSPS) is 11.9. The minimum absolute atomic E-state index is 0.0366. The first-order valence-electron chi connectivity index (χ1n) is 46.9. The predicted octanol–water partition coefficient (Wildman–Crippen LogP) is 23.3. The molecular formula is C111H83F4N27O4. The number of Topliss-reactive ketones (excluding diaryl/α,β-unsaturated/α-hetero) is 1. The van der Waals surface area contributed by atoms with Gasteiger partial charge in [0, 0.05) is 164 Å². The molecule has 16 heterocycles. The summed E-state index contributed by atoms with van der Waals surface area (Å²) in [6.45, 7) is 7.32. The van der Waals surface area contributed by atoms with E-state index in [1.165, 1.54) is 36.4 Å². The summed E-state index contributed by atoms with van der Waals surface area (Å²) >= 11 is 0. The number of carbonyl (C=O) groups excluding carboxylic acids is 4. The third-order valence-corrected chi connectivity index (χ3v) is 25.0. The van der Waals surface area contributed by atoms with Crippen molar-refractivity contribution in [3.63, 3.8) is 0 Å². The smallest absolute Gasteiger partial charge is 0.227 e. The maximum atomic E-state index is 14.5. The van der Waals surface area contributed by atoms with Crippen molar-refractivity contribution in [2.24, 2.45) is 11.8 Å². The Labute approximate surface area is 825 Å². The number of carbonyl (C=O) groups is 4. The Bertz CT molecular complexity index is 9160. The highest BCUT2D eigenvalue weighted by Gasteiger charge is 2.31. The van der Waals surface area contributed by atoms with E-state index in [1.54, 1.807) is 136 Å². The lowest BCUT2D eigenvalue weighted by Crippen LogP contribution is -2.17. The number of nitrogens with one attached hydrogen (secondary N) is 11. The van der Waals surface area contributed by atoms with Gasteiger partial charge in [0.25, 0.3) is 0 Å². The van der Waals surface area contributed by atoms with Crippen LogP contribution in [0.25, 0.3) is 223 Å². The van der Waals surface area contributed by atoms with Crippen LogP contribution >= 0.6 is 0 Å². The van der Waals surface area contributed by atoms with Gasteiger partial charge < -0.3 is 35.9 Å². The Balaban J connectivity index is 0.000000111. The summed E-state index contributed by atoms with van der Waals surface area (Å²) in [4.78, 5) is 116. The number of rotatable bonds is 21. The van der Waals surface area contributed by atoms with Crippen LogP contribution < -0.4 is 16.0 Å². The van der Waals surface area contributed by atoms with E-state index in [0.717, 1.165) is 146 Å². The van der Waals surface area contributed by atoms with Crippen molar-refractivity contribution in [3.05, 3.63) is 322 Å². The van der Waals surface area contributed by atoms with Crippen LogP contribution in [0.1, 0.15) is 59.1 Å². The van der Waals surface area contributed by atoms with Crippen molar-refractivity contribution in [1.29, 1.82) is 0 Å². The molecule has 714 valence electrons. The third-order valence-electron chi connectivity index (χ3n) is 25.0. The molecule has 0 aliphatic heterocycles. The fourth-order valence-corrected chi connectivity index (χ4v) is 17.2. The number of pyridine rings is 8. The Morgan fingerprint density at radius 3 is 1.03 bits per heavy atom. The molecule has 25 rings (SSSR count). The van der Waals surface area contributed by atoms with E-state index in [2.05, 4.69) is 117 Å². The molecule has 0 saturated heterocycles. The highest BCUT2D eigenvalue weighted by molar-refractivity contribution is 6.04. The Kier molecular flexibility index (Phi) is 24.7. The van der Waals surface area contributed by atoms with Gasteiger partial charge in [-0.15, -0.1) is 0 Å². The molecule has 16 aromatic heterocycles. The quantitative estimate of drug-likeness (QED) is 0.0298. The van der Waals surface area contributed by atoms with Crippen molar-refractivity contribution in [2.45, 2.75) is 59.8 Å². The van der Waals surface area contributed by atoms with Gasteiger partial charge >= 0.3 is 0 Å². The van der Waals surface area contributed by atoms with Crippen molar-refractivity contribution in [1.82, 2.24) is 121 Å². The highest BCUT2D eigenvalue weighted by atomic mass is 19.1. The Hall–Kier alpha value is -19.5. The summed E-state index contributed by atoms with van der Waals surface area (Å²) < 4.78 is 56.0. The van der Waals surface area contributed by atoms with E-state index in [0.29, 0.717) is 133 Å². The fourth-order valence-electron chi connectivity index (χ4n) is 17.2. The molecule has 1 saturated carbocycles. The number of anilines is 3. The van der Waals surface area contributed by atoms with E-state index in [1.807, 2.05) is 148 Å². The Morgan fingerprint density at radius 2 is 0.671 bits per heavy atom. The molecule has 35 heteroatoms. The first-order valence-corrected chi connectivity index (χ1v) is 46.9. The molecule has 0 spiro atoms. The number of hydrogen-bond donors (Lipinski definition) is 11. The largest absolute Gasteiger partial charge is 0.337 e. The maximum absolute atomic E-state index is 14.5. The van der Waals surface area contributed by atoms with Crippen LogP contribution in [0.3, 0.4) is 0 Å². The second-order valence-electron chi connectivity index (χ2n) is 35.2. The molecule has 1 aliphatic rings. The van der Waals surface area contributed by atoms with Crippen molar-refractivity contribution >= 4 is 129 Å². The molecule has 31 nitrogen and oxygen atoms in total. The van der Waals surface area contributed by atoms with Crippen molar-refractivity contribution in [2.75, 3.05) is 16.0 Å². The zero-order chi connectivity index (χ0) is 99.7. The van der Waals surface area contributed by atoms with Gasteiger partial charge in [0.05, 0.1) is 101 Å². The standard InChI is InChI=1S/C28H20FN7O.C28H22FN7O.C28H21FN6O.C27H20FN7O/c29-19-8-6-15(7-9-19)21-2-1-3-23-24(21)34-27(33-23)25-22-11-18(13-31-26(22)36-35-25)17-10-20(14-30-12-17)32-28(37)16-4-5-16;1-15(2)28(37)32-18-10-16(12-30-14-18)17-11-21-25(35-36-26(21)31-13-17)27-33-23-9-5-7-20(24(23)34-27)19-6-3-4-8-22(19)29;1-2-21(36)13-20-11-8-17(14-30-20)18-12-23-26(34-35-27(23)31-15-18)28-32-24-5-3-4-22(25(24)33-28)16-6-9-19(29)10-7-16;1-2-23(36)31-17-10-15(12-29-14-17)16-11-20-25(34-35-26(20)30-13-16)27-32-22-9-5-7-19(24(22)33-27)18-6-3-4-8-21(18)28/h1-3,6-14,16H,4-5H2,(H,32,37)(H,33,34)(H,31,35,36);3-15H,1-2H3,(H,32,37)(H,33,34)(H,31,35,36);3-12,14-15H,2,13H2,1H3,(H,32,33)(H,31,34,35);3-14H,2H2,1H3,(H,31,36)(H,32,33)(H,30,34,35). The van der Waals surface area contributed by atoms with Gasteiger partial charge in [0.15, 0.2) is 45.9 Å². The fraction of sp³-hybridized carbons (Fsp3) is 0.0991. The lowest BCUT2D eigenvalue weighted by Gasteiger charge is -2.09. The lowest BCUT2D eigenvalue weighted by atomic mass is 10.0. The molecular weight excluding hydrogens is 1850 g/mol. The molecule has 1 aliphatic carbocycles. The number of benzene rings is 8. The van der Waals surface area contributed by atoms with Crippen molar-refractivity contribution < 1.29 is 36.7 Å². The Morgan fingerprint density at radius 1 is 0.336 bits per heavy atom. The summed E-state index contributed by atoms with van der Waals surface area (Å²) in [5, 5.41) is 41.4. The second kappa shape index (κ2) is 39.3. The number of halogens is 4. The van der Waals surface area contributed by atoms with Gasteiger partial charge in [0.1, 0.15) is 51.8 Å². The van der Waals surface area contributed by atoms with E-state index < -0.39 is 0 Å². The highest BCUT2D eigenvalue weighted by Crippen LogP contribution is 2.42. The molecule has 0 bridgehead atoms. The monoisotopic (exact) mass is 1930 g/mol. The van der Waals surface area contributed by atoms with Gasteiger partial charge in [-0.25, -0.2) is 57.4 Å². The molecule has 24 aromatic rings. The van der Waals surface area contributed by atoms with Crippen LogP contribution in [0.15, 0.2) is 293 Å². The molecule has 0 radical (unpaired) electrons. The van der Waals surface area contributed by atoms with Gasteiger partial charge in [-0.1, -0.05) is 143 Å². The number of aromatic amines is 8. The van der Waals surface area contributed by atoms with Crippen LogP contribution in [-0.2, 0) is 25.6 Å². The molecule has 3 amide bonds. The minimum Gasteiger partial charge on any atom is -0.337 e. The average Bonchev–Trinajstić information content (AvgIpc) is 1.62. The van der Waals surface area contributed by atoms with Crippen LogP contribution in [-0.4, -0.2) is 144 Å². The number of fused-ring (bicyclic) bond motifs is 8. The number of hydrogen-bond acceptors (Lipinski definition) is 20. The summed E-state index contributed by atoms with van der Waals surface area (Å²) in [7, 11) is 0. The van der Waals surface area contributed by atoms with Crippen molar-refractivity contribution in [3.8, 4) is 135 Å². The van der Waals surface area contributed by atoms with Crippen LogP contribution in [0.5, 0.6) is 0 Å². The molecule has 8 aromatic carbocycles. The number of amides is 3. The molecule has 11 N–H and O–H groups in total. The van der Waals surface area contributed by atoms with Crippen LogP contribution in [0, 0.1) is 35.1 Å². The van der Waals surface area contributed by atoms with Crippen LogP contribution in [0.2, 0.25) is 0 Å². The molecule has 0 atom stereocenters.